The second kappa shape index (κ2) is 7.56. The lowest BCUT2D eigenvalue weighted by atomic mass is 10.1. The van der Waals surface area contributed by atoms with E-state index in [0.29, 0.717) is 6.04 Å². The maximum atomic E-state index is 5.81. The predicted octanol–water partition coefficient (Wildman–Crippen LogP) is 2.24. The Balaban J connectivity index is 3.51. The Hall–Kier alpha value is -0.0800. The summed E-state index contributed by atoms with van der Waals surface area (Å²) >= 11 is 0. The van der Waals surface area contributed by atoms with Crippen LogP contribution in [0.4, 0.5) is 0 Å². The molecule has 0 aromatic rings. The van der Waals surface area contributed by atoms with E-state index in [4.69, 9.17) is 5.73 Å². The van der Waals surface area contributed by atoms with Crippen molar-refractivity contribution in [2.75, 3.05) is 0 Å². The quantitative estimate of drug-likeness (QED) is 0.578. The van der Waals surface area contributed by atoms with Crippen molar-refractivity contribution < 1.29 is 0 Å². The van der Waals surface area contributed by atoms with Crippen LogP contribution < -0.4 is 11.1 Å². The molecule has 2 nitrogen and oxygen atoms in total. The average Bonchev–Trinajstić information content (AvgIpc) is 2.11. The van der Waals surface area contributed by atoms with Gasteiger partial charge in [0, 0.05) is 6.04 Å². The van der Waals surface area contributed by atoms with Gasteiger partial charge in [0.15, 0.2) is 0 Å². The van der Waals surface area contributed by atoms with Crippen LogP contribution in [-0.2, 0) is 0 Å². The molecule has 0 aromatic heterocycles. The molecule has 0 aliphatic carbocycles. The molecule has 0 heterocycles. The fourth-order valence-corrected chi connectivity index (χ4v) is 1.28. The maximum Gasteiger partial charge on any atom is 0.0545 e. The first-order valence-corrected chi connectivity index (χ1v) is 5.26. The lowest BCUT2D eigenvalue weighted by Crippen LogP contribution is -2.43. The van der Waals surface area contributed by atoms with E-state index in [2.05, 4.69) is 26.1 Å². The van der Waals surface area contributed by atoms with Crippen LogP contribution in [0.3, 0.4) is 0 Å². The third kappa shape index (κ3) is 5.56. The van der Waals surface area contributed by atoms with E-state index in [-0.39, 0.29) is 6.17 Å². The van der Waals surface area contributed by atoms with Gasteiger partial charge in [0.2, 0.25) is 0 Å². The van der Waals surface area contributed by atoms with Crippen LogP contribution in [0.1, 0.15) is 52.9 Å². The molecule has 0 fully saturated rings. The molecule has 2 atom stereocenters. The minimum atomic E-state index is 0.187. The fraction of sp³-hybridized carbons (Fsp3) is 1.00. The molecule has 2 unspecified atom stereocenters. The fourth-order valence-electron chi connectivity index (χ4n) is 1.28. The topological polar surface area (TPSA) is 38.0 Å². The Bertz CT molecular complexity index is 93.8. The van der Waals surface area contributed by atoms with Crippen molar-refractivity contribution in [3.8, 4) is 0 Å². The minimum Gasteiger partial charge on any atom is -0.316 e. The van der Waals surface area contributed by atoms with Crippen molar-refractivity contribution in [1.82, 2.24) is 5.32 Å². The number of rotatable bonds is 7. The zero-order chi connectivity index (χ0) is 9.40. The Morgan fingerprint density at radius 2 is 1.83 bits per heavy atom. The van der Waals surface area contributed by atoms with Gasteiger partial charge in [0.1, 0.15) is 0 Å². The summed E-state index contributed by atoms with van der Waals surface area (Å²) in [5, 5.41) is 3.43. The molecule has 12 heavy (non-hydrogen) atoms. The van der Waals surface area contributed by atoms with E-state index < -0.39 is 0 Å². The van der Waals surface area contributed by atoms with E-state index in [1.807, 2.05) is 0 Å². The smallest absolute Gasteiger partial charge is 0.0545 e. The van der Waals surface area contributed by atoms with Gasteiger partial charge in [-0.25, -0.2) is 0 Å². The van der Waals surface area contributed by atoms with Crippen molar-refractivity contribution in [2.24, 2.45) is 5.73 Å². The van der Waals surface area contributed by atoms with Crippen molar-refractivity contribution in [3.05, 3.63) is 0 Å². The summed E-state index contributed by atoms with van der Waals surface area (Å²) in [6.07, 6.45) is 6.24. The Labute approximate surface area is 76.9 Å². The molecule has 0 rings (SSSR count). The van der Waals surface area contributed by atoms with Crippen LogP contribution in [-0.4, -0.2) is 12.2 Å². The molecular formula is C10H24N2. The lowest BCUT2D eigenvalue weighted by molar-refractivity contribution is 0.388. The van der Waals surface area contributed by atoms with Gasteiger partial charge in [-0.05, 0) is 19.3 Å². The van der Waals surface area contributed by atoms with Gasteiger partial charge < -0.3 is 5.73 Å². The molecule has 0 saturated heterocycles. The highest BCUT2D eigenvalue weighted by atomic mass is 15.0. The summed E-state index contributed by atoms with van der Waals surface area (Å²) < 4.78 is 0. The van der Waals surface area contributed by atoms with Gasteiger partial charge in [-0.1, -0.05) is 33.6 Å². The number of unbranched alkanes of at least 4 members (excludes halogenated alkanes) is 1. The summed E-state index contributed by atoms with van der Waals surface area (Å²) in [6.45, 7) is 6.56. The second-order valence-corrected chi connectivity index (χ2v) is 3.43. The molecule has 0 spiro atoms. The molecule has 0 radical (unpaired) electrons. The molecule has 0 aliphatic rings. The number of nitrogens with two attached hydrogens (primary N) is 1. The second-order valence-electron chi connectivity index (χ2n) is 3.43. The summed E-state index contributed by atoms with van der Waals surface area (Å²) in [6, 6.07) is 0.625. The monoisotopic (exact) mass is 172 g/mol. The third-order valence-corrected chi connectivity index (χ3v) is 2.29. The SMILES string of the molecule is CCCCC(CC)NC(N)CC. The van der Waals surface area contributed by atoms with E-state index >= 15 is 0 Å². The van der Waals surface area contributed by atoms with Crippen LogP contribution in [0, 0.1) is 0 Å². The highest BCUT2D eigenvalue weighted by molar-refractivity contribution is 4.68. The summed E-state index contributed by atoms with van der Waals surface area (Å²) in [5.41, 5.74) is 5.81. The third-order valence-electron chi connectivity index (χ3n) is 2.29. The highest BCUT2D eigenvalue weighted by Crippen LogP contribution is 2.04. The molecular weight excluding hydrogens is 148 g/mol. The lowest BCUT2D eigenvalue weighted by Gasteiger charge is -2.20. The van der Waals surface area contributed by atoms with Gasteiger partial charge in [-0.15, -0.1) is 0 Å². The van der Waals surface area contributed by atoms with Gasteiger partial charge >= 0.3 is 0 Å². The number of nitrogens with one attached hydrogen (secondary N) is 1. The van der Waals surface area contributed by atoms with Crippen LogP contribution in [0.2, 0.25) is 0 Å². The zero-order valence-corrected chi connectivity index (χ0v) is 8.77. The van der Waals surface area contributed by atoms with Crippen LogP contribution in [0.5, 0.6) is 0 Å². The van der Waals surface area contributed by atoms with Gasteiger partial charge in [-0.3, -0.25) is 5.32 Å². The highest BCUT2D eigenvalue weighted by Gasteiger charge is 2.07. The summed E-state index contributed by atoms with van der Waals surface area (Å²) in [5.74, 6) is 0. The Morgan fingerprint density at radius 3 is 2.25 bits per heavy atom. The van der Waals surface area contributed by atoms with Crippen molar-refractivity contribution in [1.29, 1.82) is 0 Å². The molecule has 0 bridgehead atoms. The van der Waals surface area contributed by atoms with Crippen molar-refractivity contribution >= 4 is 0 Å². The van der Waals surface area contributed by atoms with E-state index in [9.17, 15) is 0 Å². The normalized spacial score (nSPS) is 16.0. The van der Waals surface area contributed by atoms with Crippen molar-refractivity contribution in [3.63, 3.8) is 0 Å². The standard InChI is InChI=1S/C10H24N2/c1-4-7-8-9(5-2)12-10(11)6-3/h9-10,12H,4-8,11H2,1-3H3. The van der Waals surface area contributed by atoms with Crippen molar-refractivity contribution in [2.45, 2.75) is 65.1 Å². The molecule has 0 aliphatic heterocycles. The first-order valence-electron chi connectivity index (χ1n) is 5.26. The average molecular weight is 172 g/mol. The number of hydrogen-bond acceptors (Lipinski definition) is 2. The van der Waals surface area contributed by atoms with Gasteiger partial charge in [0.05, 0.1) is 6.17 Å². The molecule has 3 N–H and O–H groups in total. The minimum absolute atomic E-state index is 0.187. The largest absolute Gasteiger partial charge is 0.316 e. The van der Waals surface area contributed by atoms with Crippen LogP contribution >= 0.6 is 0 Å². The predicted molar refractivity (Wildman–Crippen MR) is 55.0 cm³/mol. The van der Waals surface area contributed by atoms with E-state index in [1.165, 1.54) is 25.7 Å². The first-order chi connectivity index (χ1) is 5.74. The molecule has 74 valence electrons. The molecule has 2 heteroatoms. The van der Waals surface area contributed by atoms with E-state index in [1.54, 1.807) is 0 Å². The van der Waals surface area contributed by atoms with Crippen LogP contribution in [0.15, 0.2) is 0 Å². The summed E-state index contributed by atoms with van der Waals surface area (Å²) in [7, 11) is 0. The van der Waals surface area contributed by atoms with E-state index in [0.717, 1.165) is 6.42 Å². The zero-order valence-electron chi connectivity index (χ0n) is 8.77. The van der Waals surface area contributed by atoms with Crippen LogP contribution in [0.25, 0.3) is 0 Å². The Kier molecular flexibility index (Phi) is 7.51. The molecule has 0 saturated carbocycles. The first kappa shape index (κ1) is 11.9. The molecule has 0 amide bonds. The maximum absolute atomic E-state index is 5.81. The van der Waals surface area contributed by atoms with Gasteiger partial charge in [0.25, 0.3) is 0 Å². The van der Waals surface area contributed by atoms with Gasteiger partial charge in [-0.2, -0.15) is 0 Å². The summed E-state index contributed by atoms with van der Waals surface area (Å²) in [4.78, 5) is 0. The molecule has 0 aromatic carbocycles. The number of hydrogen-bond donors (Lipinski definition) is 2. The Morgan fingerprint density at radius 1 is 1.17 bits per heavy atom.